The van der Waals surface area contributed by atoms with Crippen LogP contribution >= 0.6 is 0 Å². The topological polar surface area (TPSA) is 96.6 Å². The van der Waals surface area contributed by atoms with E-state index in [4.69, 9.17) is 14.6 Å². The number of allylic oxidation sites excluding steroid dienone is 1. The van der Waals surface area contributed by atoms with Crippen molar-refractivity contribution in [2.45, 2.75) is 105 Å². The first-order valence-electron chi connectivity index (χ1n) is 16.2. The minimum atomic E-state index is -0.732. The van der Waals surface area contributed by atoms with Gasteiger partial charge in [0.15, 0.2) is 0 Å². The molecule has 2 aromatic rings. The van der Waals surface area contributed by atoms with Gasteiger partial charge in [0.1, 0.15) is 17.4 Å². The van der Waals surface area contributed by atoms with Crippen molar-refractivity contribution in [2.75, 3.05) is 13.7 Å². The molecule has 0 aliphatic heterocycles. The number of esters is 1. The highest BCUT2D eigenvalue weighted by Crippen LogP contribution is 2.29. The lowest BCUT2D eigenvalue weighted by Gasteiger charge is -2.16. The maximum Gasteiger partial charge on any atom is 0.349 e. The molecule has 44 heavy (non-hydrogen) atoms. The van der Waals surface area contributed by atoms with E-state index in [1.54, 1.807) is 7.11 Å². The second-order valence-corrected chi connectivity index (χ2v) is 11.1. The van der Waals surface area contributed by atoms with Gasteiger partial charge >= 0.3 is 11.9 Å². The van der Waals surface area contributed by atoms with Crippen molar-refractivity contribution in [2.24, 2.45) is 5.92 Å². The summed E-state index contributed by atoms with van der Waals surface area (Å²) < 4.78 is 10.8. The van der Waals surface area contributed by atoms with Crippen LogP contribution in [0.5, 0.6) is 5.75 Å². The average molecular weight is 604 g/mol. The Labute approximate surface area is 265 Å². The van der Waals surface area contributed by atoms with Crippen molar-refractivity contribution in [3.8, 4) is 11.8 Å². The third-order valence-corrected chi connectivity index (χ3v) is 7.68. The molecule has 0 aliphatic rings. The Kier molecular flexibility index (Phi) is 19.7. The van der Waals surface area contributed by atoms with Crippen LogP contribution in [0.1, 0.15) is 116 Å². The molecule has 1 atom stereocenters. The molecule has 6 nitrogen and oxygen atoms in total. The number of carbonyl (C=O) groups excluding carboxylic acids is 1. The Bertz CT molecular complexity index is 1220. The normalized spacial score (nSPS) is 12.5. The fourth-order valence-electron chi connectivity index (χ4n) is 4.91. The zero-order valence-corrected chi connectivity index (χ0v) is 27.8. The minimum Gasteiger partial charge on any atom is -0.497 e. The van der Waals surface area contributed by atoms with Crippen LogP contribution in [0.4, 0.5) is 0 Å². The molecule has 1 N–H and O–H groups in total. The number of nitrogens with zero attached hydrogens (tertiary/aromatic N) is 1. The number of carbonyl (C=O) groups is 2. The first-order valence-corrected chi connectivity index (χ1v) is 16.2. The van der Waals surface area contributed by atoms with E-state index >= 15 is 0 Å². The largest absolute Gasteiger partial charge is 0.497 e. The van der Waals surface area contributed by atoms with E-state index in [2.05, 4.69) is 26.8 Å². The van der Waals surface area contributed by atoms with Crippen LogP contribution in [0.15, 0.2) is 71.3 Å². The molecule has 0 aliphatic carbocycles. The van der Waals surface area contributed by atoms with E-state index in [0.29, 0.717) is 35.8 Å². The number of ether oxygens (including phenoxy) is 2. The number of benzene rings is 2. The predicted molar refractivity (Wildman–Crippen MR) is 179 cm³/mol. The number of rotatable bonds is 18. The highest BCUT2D eigenvalue weighted by Gasteiger charge is 2.21. The van der Waals surface area contributed by atoms with Gasteiger partial charge in [0.05, 0.1) is 13.7 Å². The molecule has 0 bridgehead atoms. The molecule has 0 fully saturated rings. The minimum absolute atomic E-state index is 0.0201. The molecule has 2 rings (SSSR count). The molecule has 0 saturated carbocycles. The summed E-state index contributed by atoms with van der Waals surface area (Å²) in [5, 5.41) is 18.8. The molecule has 0 spiro atoms. The maximum absolute atomic E-state index is 12.9. The fourth-order valence-corrected chi connectivity index (χ4v) is 4.91. The molecule has 0 heterocycles. The van der Waals surface area contributed by atoms with Gasteiger partial charge in [-0.25, -0.2) is 9.59 Å². The number of carboxylic acid groups (broad SMARTS) is 1. The standard InChI is InChI=1S/C25H29NO3.C13H24O2/c1-4-6-10-19(5-2)18-29-25(27)23(17-26)24(20-11-8-7-9-12-20)21-13-15-22(28-3)16-14-21;1-4-6-7-8-10-11(3)12(9-5-2)13(14)15/h7-9,11-16,19H,4-6,10,18H2,1-3H3;4-10H2,1-3H3,(H,14,15). The number of methoxy groups -OCH3 is 1. The molecular formula is C38H53NO5. The Hall–Kier alpha value is -3.85. The van der Waals surface area contributed by atoms with Crippen molar-refractivity contribution in [1.29, 1.82) is 5.26 Å². The second-order valence-electron chi connectivity index (χ2n) is 11.1. The summed E-state index contributed by atoms with van der Waals surface area (Å²) >= 11 is 0. The van der Waals surface area contributed by atoms with Crippen LogP contribution in [0.3, 0.4) is 0 Å². The van der Waals surface area contributed by atoms with Gasteiger partial charge in [0, 0.05) is 11.1 Å². The first kappa shape index (κ1) is 38.2. The van der Waals surface area contributed by atoms with Gasteiger partial charge in [-0.2, -0.15) is 5.26 Å². The van der Waals surface area contributed by atoms with Gasteiger partial charge in [-0.1, -0.05) is 121 Å². The Morgan fingerprint density at radius 2 is 1.48 bits per heavy atom. The van der Waals surface area contributed by atoms with Gasteiger partial charge < -0.3 is 14.6 Å². The fraction of sp³-hybridized carbons (Fsp3) is 0.500. The number of nitriles is 1. The van der Waals surface area contributed by atoms with Crippen molar-refractivity contribution in [3.63, 3.8) is 0 Å². The zero-order valence-electron chi connectivity index (χ0n) is 27.8. The van der Waals surface area contributed by atoms with E-state index in [1.807, 2.05) is 68.4 Å². The lowest BCUT2D eigenvalue weighted by atomic mass is 9.93. The van der Waals surface area contributed by atoms with Crippen LogP contribution < -0.4 is 4.74 Å². The number of hydrogen-bond donors (Lipinski definition) is 1. The number of carboxylic acids is 1. The van der Waals surface area contributed by atoms with Gasteiger partial charge in [-0.15, -0.1) is 0 Å². The van der Waals surface area contributed by atoms with Crippen molar-refractivity contribution in [3.05, 3.63) is 82.4 Å². The van der Waals surface area contributed by atoms with E-state index in [0.717, 1.165) is 61.6 Å². The lowest BCUT2D eigenvalue weighted by Crippen LogP contribution is -2.16. The molecule has 0 amide bonds. The highest BCUT2D eigenvalue weighted by atomic mass is 16.5. The molecular weight excluding hydrogens is 550 g/mol. The molecule has 6 heteroatoms. The van der Waals surface area contributed by atoms with E-state index < -0.39 is 11.9 Å². The molecule has 1 unspecified atom stereocenters. The highest BCUT2D eigenvalue weighted by molar-refractivity contribution is 6.05. The molecule has 0 radical (unpaired) electrons. The number of unbranched alkanes of at least 4 members (excludes halogenated alkanes) is 4. The van der Waals surface area contributed by atoms with Crippen LogP contribution in [0, 0.1) is 17.2 Å². The number of hydrogen-bond acceptors (Lipinski definition) is 5. The summed E-state index contributed by atoms with van der Waals surface area (Å²) in [5.74, 6) is -0.272. The van der Waals surface area contributed by atoms with E-state index in [-0.39, 0.29) is 5.57 Å². The van der Waals surface area contributed by atoms with Crippen LogP contribution in [-0.2, 0) is 14.3 Å². The van der Waals surface area contributed by atoms with E-state index in [9.17, 15) is 14.9 Å². The third kappa shape index (κ3) is 13.6. The molecule has 0 aromatic heterocycles. The summed E-state index contributed by atoms with van der Waals surface area (Å²) in [6.07, 6.45) is 11.6. The maximum atomic E-state index is 12.9. The predicted octanol–water partition coefficient (Wildman–Crippen LogP) is 9.94. The summed E-state index contributed by atoms with van der Waals surface area (Å²) in [6, 6.07) is 18.9. The Balaban J connectivity index is 0.000000546. The van der Waals surface area contributed by atoms with Gasteiger partial charge in [0.2, 0.25) is 0 Å². The molecule has 2 aromatic carbocycles. The summed E-state index contributed by atoms with van der Waals surface area (Å²) in [4.78, 5) is 23.8. The van der Waals surface area contributed by atoms with Crippen LogP contribution in [-0.4, -0.2) is 30.8 Å². The second kappa shape index (κ2) is 22.7. The first-order chi connectivity index (χ1) is 21.3. The van der Waals surface area contributed by atoms with Gasteiger partial charge in [-0.3, -0.25) is 0 Å². The summed E-state index contributed by atoms with van der Waals surface area (Å²) in [5.41, 5.74) is 3.86. The van der Waals surface area contributed by atoms with Gasteiger partial charge in [-0.05, 0) is 61.8 Å². The molecule has 240 valence electrons. The van der Waals surface area contributed by atoms with Crippen LogP contribution in [0.25, 0.3) is 5.57 Å². The van der Waals surface area contributed by atoms with Gasteiger partial charge in [0.25, 0.3) is 0 Å². The quantitative estimate of drug-likeness (QED) is 0.0788. The smallest absolute Gasteiger partial charge is 0.349 e. The average Bonchev–Trinajstić information content (AvgIpc) is 3.05. The third-order valence-electron chi connectivity index (χ3n) is 7.68. The zero-order chi connectivity index (χ0) is 32.7. The molecule has 0 saturated heterocycles. The number of aliphatic carboxylic acids is 1. The van der Waals surface area contributed by atoms with Crippen LogP contribution in [0.2, 0.25) is 0 Å². The van der Waals surface area contributed by atoms with E-state index in [1.165, 1.54) is 19.3 Å². The van der Waals surface area contributed by atoms with Crippen molar-refractivity contribution in [1.82, 2.24) is 0 Å². The summed E-state index contributed by atoms with van der Waals surface area (Å²) in [7, 11) is 1.60. The SMILES string of the molecule is CCCCC(CC)COC(=O)C(C#N)=C(c1ccccc1)c1ccc(OC)cc1.CCCCCCC(C)=C(CCC)C(=O)O. The lowest BCUT2D eigenvalue weighted by molar-refractivity contribution is -0.140. The van der Waals surface area contributed by atoms with Crippen molar-refractivity contribution >= 4 is 17.5 Å². The van der Waals surface area contributed by atoms with Crippen molar-refractivity contribution < 1.29 is 24.2 Å². The Morgan fingerprint density at radius 1 is 0.841 bits per heavy atom. The summed E-state index contributed by atoms with van der Waals surface area (Å²) in [6.45, 7) is 10.8. The Morgan fingerprint density at radius 3 is 2.00 bits per heavy atom. The monoisotopic (exact) mass is 603 g/mol.